The van der Waals surface area contributed by atoms with Gasteiger partial charge in [-0.3, -0.25) is 0 Å². The molecule has 0 saturated carbocycles. The maximum absolute atomic E-state index is 11.0. The topological polar surface area (TPSA) is 84.1 Å². The maximum atomic E-state index is 11.0. The summed E-state index contributed by atoms with van der Waals surface area (Å²) in [6.45, 7) is 3.50. The quantitative estimate of drug-likeness (QED) is 0.850. The molecule has 1 N–H and O–H groups in total. The highest BCUT2D eigenvalue weighted by molar-refractivity contribution is 6.28. The molecule has 0 fully saturated rings. The van der Waals surface area contributed by atoms with Gasteiger partial charge in [-0.15, -0.1) is 5.10 Å². The van der Waals surface area contributed by atoms with Crippen LogP contribution in [0, 0.1) is 13.8 Å². The van der Waals surface area contributed by atoms with Crippen LogP contribution in [0.15, 0.2) is 12.3 Å². The molecule has 2 heterocycles. The minimum Gasteiger partial charge on any atom is -0.463 e. The van der Waals surface area contributed by atoms with Crippen LogP contribution in [0.4, 0.5) is 16.4 Å². The number of halogens is 1. The molecule has 0 atom stereocenters. The van der Waals surface area contributed by atoms with Crippen molar-refractivity contribution in [1.29, 1.82) is 0 Å². The molecule has 0 aliphatic heterocycles. The molecular weight excluding hydrogens is 270 g/mol. The Morgan fingerprint density at radius 1 is 1.47 bits per heavy atom. The van der Waals surface area contributed by atoms with Crippen LogP contribution in [0.2, 0.25) is 5.28 Å². The van der Waals surface area contributed by atoms with E-state index in [0.717, 1.165) is 10.2 Å². The highest BCUT2D eigenvalue weighted by Gasteiger charge is 2.19. The Morgan fingerprint density at radius 2 is 2.16 bits per heavy atom. The molecule has 0 aliphatic carbocycles. The molecule has 0 unspecified atom stereocenters. The van der Waals surface area contributed by atoms with Gasteiger partial charge in [0.2, 0.25) is 5.28 Å². The molecule has 2 aromatic heterocycles. The van der Waals surface area contributed by atoms with Crippen LogP contribution >= 0.6 is 11.6 Å². The van der Waals surface area contributed by atoms with E-state index in [0.29, 0.717) is 17.3 Å². The molecule has 100 valence electrons. The van der Waals surface area contributed by atoms with Crippen molar-refractivity contribution in [1.82, 2.24) is 19.7 Å². The lowest BCUT2D eigenvalue weighted by Crippen LogP contribution is -2.15. The fourth-order valence-electron chi connectivity index (χ4n) is 1.69. The first kappa shape index (κ1) is 13.3. The third-order valence-corrected chi connectivity index (χ3v) is 3.03. The molecule has 0 aromatic carbocycles. The van der Waals surface area contributed by atoms with Gasteiger partial charge < -0.3 is 10.0 Å². The zero-order chi connectivity index (χ0) is 14.2. The molecule has 2 aromatic rings. The van der Waals surface area contributed by atoms with Crippen LogP contribution < -0.4 is 4.90 Å². The predicted octanol–water partition coefficient (Wildman–Crippen LogP) is 2.24. The lowest BCUT2D eigenvalue weighted by Gasteiger charge is -2.15. The summed E-state index contributed by atoms with van der Waals surface area (Å²) in [5, 5.41) is 13.2. The Morgan fingerprint density at radius 3 is 2.68 bits per heavy atom. The van der Waals surface area contributed by atoms with Crippen LogP contribution in [0.1, 0.15) is 11.3 Å². The van der Waals surface area contributed by atoms with E-state index in [1.807, 2.05) is 0 Å². The summed E-state index contributed by atoms with van der Waals surface area (Å²) >= 11 is 5.73. The number of aromatic nitrogens is 4. The Hall–Kier alpha value is -2.15. The Labute approximate surface area is 114 Å². The first-order valence-electron chi connectivity index (χ1n) is 5.43. The van der Waals surface area contributed by atoms with Crippen molar-refractivity contribution in [2.75, 3.05) is 11.9 Å². The lowest BCUT2D eigenvalue weighted by atomic mass is 10.2. The third kappa shape index (κ3) is 2.37. The number of carbonyl (C=O) groups is 1. The van der Waals surface area contributed by atoms with Crippen LogP contribution in [0.3, 0.4) is 0 Å². The fourth-order valence-corrected chi connectivity index (χ4v) is 1.83. The van der Waals surface area contributed by atoms with Crippen molar-refractivity contribution in [3.63, 3.8) is 0 Å². The Balaban J connectivity index is 2.47. The standard InChI is InChI=1S/C11H12ClN5O2/c1-6-7(2)17(11(18)19)15-9(6)16(3)8-4-5-13-10(12)14-8/h4-5H,1-3H3,(H,18,19). The summed E-state index contributed by atoms with van der Waals surface area (Å²) in [5.74, 6) is 1.05. The summed E-state index contributed by atoms with van der Waals surface area (Å²) in [6.07, 6.45) is 0.401. The van der Waals surface area contributed by atoms with Crippen molar-refractivity contribution in [2.45, 2.75) is 13.8 Å². The van der Waals surface area contributed by atoms with Gasteiger partial charge in [-0.2, -0.15) is 4.68 Å². The molecule has 7 nitrogen and oxygen atoms in total. The van der Waals surface area contributed by atoms with Crippen molar-refractivity contribution in [3.8, 4) is 0 Å². The number of hydrogen-bond acceptors (Lipinski definition) is 5. The Bertz CT molecular complexity index is 640. The van der Waals surface area contributed by atoms with Crippen molar-refractivity contribution in [2.24, 2.45) is 0 Å². The van der Waals surface area contributed by atoms with E-state index in [1.165, 1.54) is 6.20 Å². The van der Waals surface area contributed by atoms with Gasteiger partial charge >= 0.3 is 6.09 Å². The number of rotatable bonds is 2. The minimum absolute atomic E-state index is 0.122. The summed E-state index contributed by atoms with van der Waals surface area (Å²) in [7, 11) is 1.74. The monoisotopic (exact) mass is 281 g/mol. The van der Waals surface area contributed by atoms with Gasteiger partial charge in [0.05, 0.1) is 5.69 Å². The molecule has 0 aliphatic rings. The van der Waals surface area contributed by atoms with E-state index >= 15 is 0 Å². The van der Waals surface area contributed by atoms with E-state index in [-0.39, 0.29) is 5.28 Å². The smallest absolute Gasteiger partial charge is 0.432 e. The first-order chi connectivity index (χ1) is 8.91. The van der Waals surface area contributed by atoms with E-state index in [1.54, 1.807) is 31.9 Å². The summed E-state index contributed by atoms with van der Waals surface area (Å²) < 4.78 is 0.934. The summed E-state index contributed by atoms with van der Waals surface area (Å²) in [5.41, 5.74) is 1.33. The number of hydrogen-bond donors (Lipinski definition) is 1. The van der Waals surface area contributed by atoms with Gasteiger partial charge in [-0.05, 0) is 31.5 Å². The zero-order valence-corrected chi connectivity index (χ0v) is 11.4. The van der Waals surface area contributed by atoms with E-state index in [4.69, 9.17) is 16.7 Å². The molecular formula is C11H12ClN5O2. The second-order valence-corrected chi connectivity index (χ2v) is 4.31. The minimum atomic E-state index is -1.12. The highest BCUT2D eigenvalue weighted by Crippen LogP contribution is 2.26. The zero-order valence-electron chi connectivity index (χ0n) is 10.6. The highest BCUT2D eigenvalue weighted by atomic mass is 35.5. The molecule has 0 radical (unpaired) electrons. The molecule has 2 rings (SSSR count). The average molecular weight is 282 g/mol. The predicted molar refractivity (Wildman–Crippen MR) is 70.2 cm³/mol. The van der Waals surface area contributed by atoms with Gasteiger partial charge in [0.1, 0.15) is 5.82 Å². The van der Waals surface area contributed by atoms with Gasteiger partial charge in [-0.25, -0.2) is 14.8 Å². The Kier molecular flexibility index (Phi) is 3.39. The van der Waals surface area contributed by atoms with Crippen molar-refractivity contribution >= 4 is 29.3 Å². The number of nitrogens with zero attached hydrogens (tertiary/aromatic N) is 5. The summed E-state index contributed by atoms with van der Waals surface area (Å²) in [6, 6.07) is 1.67. The van der Waals surface area contributed by atoms with Gasteiger partial charge in [-0.1, -0.05) is 0 Å². The van der Waals surface area contributed by atoms with Crippen LogP contribution in [-0.2, 0) is 0 Å². The number of carboxylic acid groups (broad SMARTS) is 1. The molecule has 0 saturated heterocycles. The fraction of sp³-hybridized carbons (Fsp3) is 0.273. The molecule has 0 bridgehead atoms. The molecule has 8 heteroatoms. The second kappa shape index (κ2) is 4.85. The van der Waals surface area contributed by atoms with Crippen LogP contribution in [0.5, 0.6) is 0 Å². The molecule has 0 amide bonds. The number of anilines is 2. The average Bonchev–Trinajstić information content (AvgIpc) is 2.66. The van der Waals surface area contributed by atoms with Gasteiger partial charge in [0.25, 0.3) is 0 Å². The molecule has 19 heavy (non-hydrogen) atoms. The second-order valence-electron chi connectivity index (χ2n) is 3.97. The SMILES string of the molecule is Cc1c(N(C)c2ccnc(Cl)n2)nn(C(=O)O)c1C. The van der Waals surface area contributed by atoms with Crippen molar-refractivity contribution in [3.05, 3.63) is 28.8 Å². The first-order valence-corrected chi connectivity index (χ1v) is 5.81. The maximum Gasteiger partial charge on any atom is 0.432 e. The van der Waals surface area contributed by atoms with Gasteiger partial charge in [0.15, 0.2) is 5.82 Å². The van der Waals surface area contributed by atoms with Crippen molar-refractivity contribution < 1.29 is 9.90 Å². The van der Waals surface area contributed by atoms with Crippen LogP contribution in [-0.4, -0.2) is 38.0 Å². The lowest BCUT2D eigenvalue weighted by molar-refractivity contribution is 0.192. The molecule has 0 spiro atoms. The normalized spacial score (nSPS) is 10.5. The summed E-state index contributed by atoms with van der Waals surface area (Å²) in [4.78, 5) is 20.6. The largest absolute Gasteiger partial charge is 0.463 e. The van der Waals surface area contributed by atoms with E-state index < -0.39 is 6.09 Å². The van der Waals surface area contributed by atoms with Gasteiger partial charge in [0, 0.05) is 18.8 Å². The third-order valence-electron chi connectivity index (χ3n) is 2.84. The van der Waals surface area contributed by atoms with E-state index in [9.17, 15) is 4.79 Å². The van der Waals surface area contributed by atoms with Crippen LogP contribution in [0.25, 0.3) is 0 Å². The van der Waals surface area contributed by atoms with E-state index in [2.05, 4.69) is 15.1 Å².